The van der Waals surface area contributed by atoms with E-state index in [0.29, 0.717) is 17.8 Å². The smallest absolute Gasteiger partial charge is 0.340 e. The van der Waals surface area contributed by atoms with Crippen LogP contribution < -0.4 is 0 Å². The predicted octanol–water partition coefficient (Wildman–Crippen LogP) is 7.22. The molecule has 0 aromatic heterocycles. The number of benzene rings is 2. The van der Waals surface area contributed by atoms with Gasteiger partial charge in [0.2, 0.25) is 5.79 Å². The Kier molecular flexibility index (Phi) is 13.8. The van der Waals surface area contributed by atoms with Crippen molar-refractivity contribution in [3.63, 3.8) is 0 Å². The van der Waals surface area contributed by atoms with Gasteiger partial charge in [0.1, 0.15) is 18.0 Å². The van der Waals surface area contributed by atoms with E-state index >= 15 is 0 Å². The molecule has 0 aliphatic carbocycles. The summed E-state index contributed by atoms with van der Waals surface area (Å²) < 4.78 is 42.7. The monoisotopic (exact) mass is 666 g/mol. The maximum absolute atomic E-state index is 12.8. The number of hydrogen-bond donors (Lipinski definition) is 1. The van der Waals surface area contributed by atoms with Gasteiger partial charge in [-0.25, -0.2) is 4.79 Å². The SMILES string of the molecule is CO[C@@H](CCCC[C@H](O)c1ccccc1)[C@@H](/C=C/[C@H](C)[C@@H]1O[C@H](c2ccccc2)O[C@H]([C@@H](OC)C2=C(C)C(=O)OC(C)(C)O2)[C@@H]1C)OC. The number of ether oxygens (including phenoxy) is 7. The lowest BCUT2D eigenvalue weighted by Crippen LogP contribution is -2.52. The second-order valence-electron chi connectivity index (χ2n) is 13.3. The van der Waals surface area contributed by atoms with E-state index in [9.17, 15) is 9.90 Å². The number of methoxy groups -OCH3 is 3. The second-order valence-corrected chi connectivity index (χ2v) is 13.3. The molecular weight excluding hydrogens is 612 g/mol. The number of cyclic esters (lactones) is 1. The Morgan fingerprint density at radius 3 is 2.10 bits per heavy atom. The summed E-state index contributed by atoms with van der Waals surface area (Å²) in [6.45, 7) is 9.28. The maximum atomic E-state index is 12.8. The molecule has 0 bridgehead atoms. The van der Waals surface area contributed by atoms with Crippen LogP contribution in [-0.4, -0.2) is 68.7 Å². The number of aliphatic hydroxyl groups is 1. The van der Waals surface area contributed by atoms with Crippen molar-refractivity contribution in [1.82, 2.24) is 0 Å². The molecule has 0 amide bonds. The van der Waals surface area contributed by atoms with Crippen molar-refractivity contribution in [2.75, 3.05) is 21.3 Å². The van der Waals surface area contributed by atoms with Crippen molar-refractivity contribution in [2.24, 2.45) is 11.8 Å². The third-order valence-corrected chi connectivity index (χ3v) is 9.31. The Balaban J connectivity index is 1.49. The van der Waals surface area contributed by atoms with Crippen molar-refractivity contribution in [3.05, 3.63) is 95.3 Å². The fraction of sp³-hybridized carbons (Fsp3) is 0.564. The number of unbranched alkanes of at least 4 members (excludes halogenated alkanes) is 1. The standard InChI is InChI=1S/C39H54O9/c1-25(23-24-32(43-7)31(42-6)22-16-15-21-30(40)28-17-11-9-12-18-28)33-26(2)34(46-38(45-33)29-19-13-10-14-20-29)36(44-8)35-27(3)37(41)48-39(4,5)47-35/h9-14,17-20,23-26,30-34,36,38,40H,15-16,21-22H2,1-8H3/b24-23+/t25-,26+,30-,31-,32+,33-,34-,36+,38-/m0/s1. The van der Waals surface area contributed by atoms with Gasteiger partial charge in [-0.3, -0.25) is 0 Å². The van der Waals surface area contributed by atoms with Gasteiger partial charge < -0.3 is 38.3 Å². The number of carbonyl (C=O) groups is 1. The first-order chi connectivity index (χ1) is 23.0. The van der Waals surface area contributed by atoms with E-state index in [4.69, 9.17) is 33.2 Å². The first-order valence-electron chi connectivity index (χ1n) is 17.0. The highest BCUT2D eigenvalue weighted by Crippen LogP contribution is 2.42. The topological polar surface area (TPSA) is 102 Å². The average molecular weight is 667 g/mol. The van der Waals surface area contributed by atoms with Crippen LogP contribution >= 0.6 is 0 Å². The molecule has 1 saturated heterocycles. The van der Waals surface area contributed by atoms with Crippen molar-refractivity contribution in [1.29, 1.82) is 0 Å². The van der Waals surface area contributed by atoms with Crippen molar-refractivity contribution in [2.45, 2.75) is 109 Å². The van der Waals surface area contributed by atoms with Gasteiger partial charge in [-0.1, -0.05) is 99.5 Å². The molecule has 2 aliphatic rings. The minimum absolute atomic E-state index is 0.0462. The van der Waals surface area contributed by atoms with E-state index in [1.165, 1.54) is 0 Å². The molecule has 0 radical (unpaired) electrons. The molecule has 0 spiro atoms. The fourth-order valence-electron chi connectivity index (χ4n) is 6.58. The van der Waals surface area contributed by atoms with Gasteiger partial charge >= 0.3 is 5.97 Å². The highest BCUT2D eigenvalue weighted by molar-refractivity contribution is 5.89. The van der Waals surface area contributed by atoms with Crippen LogP contribution in [0.4, 0.5) is 0 Å². The molecule has 2 aliphatic heterocycles. The molecule has 9 atom stereocenters. The molecule has 48 heavy (non-hydrogen) atoms. The zero-order valence-electron chi connectivity index (χ0n) is 29.7. The Hall–Kier alpha value is -3.05. The Labute approximate surface area is 286 Å². The lowest BCUT2D eigenvalue weighted by Gasteiger charge is -2.46. The molecule has 1 fully saturated rings. The summed E-state index contributed by atoms with van der Waals surface area (Å²) in [7, 11) is 4.99. The van der Waals surface area contributed by atoms with E-state index in [1.54, 1.807) is 42.1 Å². The predicted molar refractivity (Wildman–Crippen MR) is 183 cm³/mol. The molecule has 9 heteroatoms. The van der Waals surface area contributed by atoms with E-state index in [1.807, 2.05) is 60.7 Å². The normalized spacial score (nSPS) is 26.0. The van der Waals surface area contributed by atoms with Crippen LogP contribution in [0.15, 0.2) is 84.1 Å². The molecule has 0 unspecified atom stereocenters. The van der Waals surface area contributed by atoms with Gasteiger partial charge in [0.15, 0.2) is 6.29 Å². The second kappa shape index (κ2) is 17.6. The summed E-state index contributed by atoms with van der Waals surface area (Å²) in [5.74, 6) is -1.38. The zero-order chi connectivity index (χ0) is 34.8. The zero-order valence-corrected chi connectivity index (χ0v) is 29.7. The highest BCUT2D eigenvalue weighted by atomic mass is 16.7. The van der Waals surface area contributed by atoms with Crippen LogP contribution in [-0.2, 0) is 38.0 Å². The van der Waals surface area contributed by atoms with Crippen LogP contribution in [0.5, 0.6) is 0 Å². The van der Waals surface area contributed by atoms with Gasteiger partial charge in [-0.15, -0.1) is 0 Å². The summed E-state index contributed by atoms with van der Waals surface area (Å²) in [5.41, 5.74) is 2.18. The van der Waals surface area contributed by atoms with Gasteiger partial charge in [-0.2, -0.15) is 0 Å². The number of hydrogen-bond acceptors (Lipinski definition) is 9. The van der Waals surface area contributed by atoms with E-state index < -0.39 is 36.4 Å². The molecule has 2 heterocycles. The maximum Gasteiger partial charge on any atom is 0.340 e. The molecule has 264 valence electrons. The van der Waals surface area contributed by atoms with Crippen LogP contribution in [0.3, 0.4) is 0 Å². The summed E-state index contributed by atoms with van der Waals surface area (Å²) in [5, 5.41) is 10.5. The number of rotatable bonds is 16. The van der Waals surface area contributed by atoms with E-state index in [-0.39, 0.29) is 30.1 Å². The molecular formula is C39H54O9. The Bertz CT molecular complexity index is 1340. The lowest BCUT2D eigenvalue weighted by atomic mass is 9.84. The molecule has 4 rings (SSSR count). The van der Waals surface area contributed by atoms with Crippen LogP contribution in [0, 0.1) is 11.8 Å². The molecule has 0 saturated carbocycles. The van der Waals surface area contributed by atoms with Crippen molar-refractivity contribution < 1.29 is 43.1 Å². The highest BCUT2D eigenvalue weighted by Gasteiger charge is 2.48. The van der Waals surface area contributed by atoms with Crippen LogP contribution in [0.25, 0.3) is 0 Å². The average Bonchev–Trinajstić information content (AvgIpc) is 3.09. The summed E-state index contributed by atoms with van der Waals surface area (Å²) in [4.78, 5) is 12.8. The first-order valence-corrected chi connectivity index (χ1v) is 17.0. The largest absolute Gasteiger partial charge is 0.454 e. The van der Waals surface area contributed by atoms with Crippen molar-refractivity contribution >= 4 is 5.97 Å². The van der Waals surface area contributed by atoms with Crippen LogP contribution in [0.1, 0.15) is 83.8 Å². The number of carbonyl (C=O) groups excluding carboxylic acids is 1. The molecule has 2 aromatic rings. The Morgan fingerprint density at radius 1 is 0.854 bits per heavy atom. The van der Waals surface area contributed by atoms with Gasteiger partial charge in [0.25, 0.3) is 0 Å². The molecule has 1 N–H and O–H groups in total. The minimum atomic E-state index is -1.14. The van der Waals surface area contributed by atoms with Gasteiger partial charge in [-0.05, 0) is 25.3 Å². The fourth-order valence-corrected chi connectivity index (χ4v) is 6.58. The number of esters is 1. The van der Waals surface area contributed by atoms with Crippen molar-refractivity contribution in [3.8, 4) is 0 Å². The summed E-state index contributed by atoms with van der Waals surface area (Å²) in [6.07, 6.45) is 4.42. The molecule has 9 nitrogen and oxygen atoms in total. The summed E-state index contributed by atoms with van der Waals surface area (Å²) >= 11 is 0. The number of aliphatic hydroxyl groups excluding tert-OH is 1. The first kappa shape index (κ1) is 37.8. The van der Waals surface area contributed by atoms with Gasteiger partial charge in [0, 0.05) is 52.6 Å². The Morgan fingerprint density at radius 2 is 1.48 bits per heavy atom. The lowest BCUT2D eigenvalue weighted by molar-refractivity contribution is -0.298. The quantitative estimate of drug-likeness (QED) is 0.113. The third kappa shape index (κ3) is 9.55. The van der Waals surface area contributed by atoms with Gasteiger partial charge in [0.05, 0.1) is 30.0 Å². The van der Waals surface area contributed by atoms with Crippen LogP contribution in [0.2, 0.25) is 0 Å². The van der Waals surface area contributed by atoms with E-state index in [2.05, 4.69) is 26.0 Å². The van der Waals surface area contributed by atoms with E-state index in [0.717, 1.165) is 30.4 Å². The third-order valence-electron chi connectivity index (χ3n) is 9.31. The molecule has 2 aromatic carbocycles. The minimum Gasteiger partial charge on any atom is -0.454 e. The summed E-state index contributed by atoms with van der Waals surface area (Å²) in [6, 6.07) is 19.6.